The summed E-state index contributed by atoms with van der Waals surface area (Å²) < 4.78 is 63.2. The number of hydrogen-bond donors (Lipinski definition) is 0. The van der Waals surface area contributed by atoms with Crippen LogP contribution in [0.5, 0.6) is 0 Å². The van der Waals surface area contributed by atoms with Gasteiger partial charge in [0.05, 0.1) is 11.3 Å². The summed E-state index contributed by atoms with van der Waals surface area (Å²) in [4.78, 5) is 3.75. The maximum absolute atomic E-state index is 13.3. The van der Waals surface area contributed by atoms with E-state index in [2.05, 4.69) is 4.98 Å². The Hall–Kier alpha value is -1.98. The molecule has 0 aliphatic carbocycles. The van der Waals surface area contributed by atoms with Crippen LogP contribution in [-0.2, 0) is 6.18 Å². The highest BCUT2D eigenvalue weighted by Gasteiger charge is 2.33. The smallest absolute Gasteiger partial charge is 0.256 e. The molecule has 0 saturated carbocycles. The third-order valence-electron chi connectivity index (χ3n) is 2.29. The zero-order valence-corrected chi connectivity index (χ0v) is 8.80. The fourth-order valence-electron chi connectivity index (χ4n) is 1.47. The fraction of sp³-hybridized carbons (Fsp3) is 0.0833. The van der Waals surface area contributed by atoms with Gasteiger partial charge in [0.2, 0.25) is 0 Å². The molecule has 1 nitrogen and oxygen atoms in total. The van der Waals surface area contributed by atoms with Crippen molar-refractivity contribution < 1.29 is 22.0 Å². The average Bonchev–Trinajstić information content (AvgIpc) is 2.27. The summed E-state index contributed by atoms with van der Waals surface area (Å²) in [5.74, 6) is -2.01. The van der Waals surface area contributed by atoms with Crippen LogP contribution in [0.25, 0.3) is 11.3 Å². The van der Waals surface area contributed by atoms with E-state index >= 15 is 0 Å². The van der Waals surface area contributed by atoms with Gasteiger partial charge in [-0.3, -0.25) is 4.98 Å². The minimum atomic E-state index is -4.75. The maximum Gasteiger partial charge on any atom is 0.419 e. The van der Waals surface area contributed by atoms with Crippen molar-refractivity contribution in [3.8, 4) is 11.3 Å². The molecule has 0 aliphatic rings. The summed E-state index contributed by atoms with van der Waals surface area (Å²) in [6, 6.07) is 4.45. The van der Waals surface area contributed by atoms with Crippen LogP contribution in [0, 0.1) is 11.6 Å². The molecule has 0 fully saturated rings. The highest BCUT2D eigenvalue weighted by atomic mass is 19.4. The van der Waals surface area contributed by atoms with E-state index in [9.17, 15) is 22.0 Å². The van der Waals surface area contributed by atoms with E-state index in [1.165, 1.54) is 0 Å². The van der Waals surface area contributed by atoms with Crippen molar-refractivity contribution in [3.05, 3.63) is 53.7 Å². The molecule has 94 valence electrons. The van der Waals surface area contributed by atoms with E-state index < -0.39 is 23.4 Å². The topological polar surface area (TPSA) is 12.9 Å². The Morgan fingerprint density at radius 3 is 2.22 bits per heavy atom. The average molecular weight is 259 g/mol. The molecule has 0 unspecified atom stereocenters. The van der Waals surface area contributed by atoms with Crippen molar-refractivity contribution in [2.75, 3.05) is 0 Å². The molecule has 0 amide bonds. The lowest BCUT2D eigenvalue weighted by atomic mass is 10.1. The molecule has 2 rings (SSSR count). The molecular formula is C12H6F5N. The van der Waals surface area contributed by atoms with Crippen molar-refractivity contribution in [1.82, 2.24) is 4.98 Å². The Morgan fingerprint density at radius 1 is 0.944 bits per heavy atom. The summed E-state index contributed by atoms with van der Waals surface area (Å²) in [6.45, 7) is 0. The zero-order chi connectivity index (χ0) is 13.3. The van der Waals surface area contributed by atoms with Crippen LogP contribution >= 0.6 is 0 Å². The third kappa shape index (κ3) is 2.47. The first-order valence-electron chi connectivity index (χ1n) is 4.86. The van der Waals surface area contributed by atoms with Gasteiger partial charge in [-0.25, -0.2) is 8.78 Å². The number of nitrogens with zero attached hydrogens (tertiary/aromatic N) is 1. The van der Waals surface area contributed by atoms with Gasteiger partial charge in [0.1, 0.15) is 11.6 Å². The molecule has 0 N–H and O–H groups in total. The van der Waals surface area contributed by atoms with Gasteiger partial charge >= 0.3 is 6.18 Å². The Balaban J connectivity index is 2.47. The first kappa shape index (κ1) is 12.5. The lowest BCUT2D eigenvalue weighted by Gasteiger charge is -2.09. The van der Waals surface area contributed by atoms with Gasteiger partial charge in [0.15, 0.2) is 0 Å². The van der Waals surface area contributed by atoms with Crippen LogP contribution in [0.2, 0.25) is 0 Å². The molecule has 1 aromatic carbocycles. The molecule has 1 aromatic heterocycles. The molecule has 0 saturated heterocycles. The monoisotopic (exact) mass is 259 g/mol. The summed E-state index contributed by atoms with van der Waals surface area (Å²) in [5, 5.41) is 0. The largest absolute Gasteiger partial charge is 0.419 e. The second kappa shape index (κ2) is 4.36. The van der Waals surface area contributed by atoms with Gasteiger partial charge in [-0.15, -0.1) is 0 Å². The molecular weight excluding hydrogens is 253 g/mol. The number of halogens is 5. The predicted molar refractivity (Wildman–Crippen MR) is 54.6 cm³/mol. The normalized spacial score (nSPS) is 11.6. The Morgan fingerprint density at radius 2 is 1.67 bits per heavy atom. The first-order valence-corrected chi connectivity index (χ1v) is 4.86. The molecule has 0 aliphatic heterocycles. The highest BCUT2D eigenvalue weighted by Crippen LogP contribution is 2.33. The van der Waals surface area contributed by atoms with Crippen LogP contribution in [0.15, 0.2) is 36.5 Å². The van der Waals surface area contributed by atoms with Gasteiger partial charge < -0.3 is 0 Å². The number of benzene rings is 1. The van der Waals surface area contributed by atoms with Crippen LogP contribution in [0.3, 0.4) is 0 Å². The SMILES string of the molecule is Fc1ccnc(-c2ccc(C(F)(F)F)c(F)c2)c1. The van der Waals surface area contributed by atoms with E-state index in [-0.39, 0.29) is 11.3 Å². The number of pyridine rings is 1. The molecule has 0 radical (unpaired) electrons. The minimum absolute atomic E-state index is 0.0719. The van der Waals surface area contributed by atoms with Gasteiger partial charge in [-0.1, -0.05) is 6.07 Å². The number of alkyl halides is 3. The second-order valence-electron chi connectivity index (χ2n) is 3.55. The zero-order valence-electron chi connectivity index (χ0n) is 8.80. The molecule has 0 spiro atoms. The number of hydrogen-bond acceptors (Lipinski definition) is 1. The van der Waals surface area contributed by atoms with Crippen molar-refractivity contribution in [2.24, 2.45) is 0 Å². The maximum atomic E-state index is 13.3. The van der Waals surface area contributed by atoms with Gasteiger partial charge in [0, 0.05) is 17.8 Å². The van der Waals surface area contributed by atoms with Crippen molar-refractivity contribution in [1.29, 1.82) is 0 Å². The Bertz CT molecular complexity index is 577. The van der Waals surface area contributed by atoms with E-state index in [4.69, 9.17) is 0 Å². The molecule has 6 heteroatoms. The van der Waals surface area contributed by atoms with E-state index in [1.54, 1.807) is 0 Å². The Labute approximate surface area is 98.9 Å². The summed E-state index contributed by atoms with van der Waals surface area (Å²) in [6.07, 6.45) is -3.60. The quantitative estimate of drug-likeness (QED) is 0.704. The van der Waals surface area contributed by atoms with Gasteiger partial charge in [-0.2, -0.15) is 13.2 Å². The van der Waals surface area contributed by atoms with E-state index in [0.29, 0.717) is 12.1 Å². The molecule has 0 bridgehead atoms. The van der Waals surface area contributed by atoms with Crippen molar-refractivity contribution in [3.63, 3.8) is 0 Å². The first-order chi connectivity index (χ1) is 8.38. The lowest BCUT2D eigenvalue weighted by Crippen LogP contribution is -2.07. The van der Waals surface area contributed by atoms with Crippen LogP contribution < -0.4 is 0 Å². The van der Waals surface area contributed by atoms with Gasteiger partial charge in [-0.05, 0) is 18.2 Å². The number of aromatic nitrogens is 1. The fourth-order valence-corrected chi connectivity index (χ4v) is 1.47. The minimum Gasteiger partial charge on any atom is -0.256 e. The Kier molecular flexibility index (Phi) is 3.02. The molecule has 1 heterocycles. The van der Waals surface area contributed by atoms with E-state index in [1.807, 2.05) is 0 Å². The standard InChI is InChI=1S/C12H6F5N/c13-8-3-4-18-11(6-8)7-1-2-9(10(14)5-7)12(15,16)17/h1-6H. The molecule has 0 atom stereocenters. The summed E-state index contributed by atoms with van der Waals surface area (Å²) in [7, 11) is 0. The van der Waals surface area contributed by atoms with Crippen molar-refractivity contribution in [2.45, 2.75) is 6.18 Å². The number of rotatable bonds is 1. The molecule has 18 heavy (non-hydrogen) atoms. The highest BCUT2D eigenvalue weighted by molar-refractivity contribution is 5.59. The molecule has 2 aromatic rings. The van der Waals surface area contributed by atoms with Crippen LogP contribution in [-0.4, -0.2) is 4.98 Å². The van der Waals surface area contributed by atoms with Crippen LogP contribution in [0.1, 0.15) is 5.56 Å². The summed E-state index contributed by atoms with van der Waals surface area (Å²) in [5.41, 5.74) is -1.20. The second-order valence-corrected chi connectivity index (χ2v) is 3.55. The van der Waals surface area contributed by atoms with Gasteiger partial charge in [0.25, 0.3) is 0 Å². The van der Waals surface area contributed by atoms with Crippen molar-refractivity contribution >= 4 is 0 Å². The third-order valence-corrected chi connectivity index (χ3v) is 2.29. The van der Waals surface area contributed by atoms with Crippen LogP contribution in [0.4, 0.5) is 22.0 Å². The van der Waals surface area contributed by atoms with E-state index in [0.717, 1.165) is 24.4 Å². The lowest BCUT2D eigenvalue weighted by molar-refractivity contribution is -0.139. The predicted octanol–water partition coefficient (Wildman–Crippen LogP) is 4.05. The summed E-state index contributed by atoms with van der Waals surface area (Å²) >= 11 is 0.